The molecule has 1 atom stereocenters. The third kappa shape index (κ3) is 5.15. The average Bonchev–Trinajstić information content (AvgIpc) is 3.24. The normalized spacial score (nSPS) is 15.6. The number of nitrogens with zero attached hydrogens (tertiary/aromatic N) is 4. The van der Waals surface area contributed by atoms with Crippen molar-refractivity contribution >= 4 is 5.69 Å². The standard InChI is InChI=1S/C23H28N4O4/c1-17-24-25-23(31-17)19-7-3-5-9-21(19)30-16-18(28)15-26-11-13-27(14-12-26)20-8-4-6-10-22(20)29-2/h3-10,18,28H,11-16H2,1-2H3. The van der Waals surface area contributed by atoms with Crippen LogP contribution in [-0.2, 0) is 0 Å². The Morgan fingerprint density at radius 2 is 1.71 bits per heavy atom. The third-order valence-corrected chi connectivity index (χ3v) is 5.34. The zero-order valence-corrected chi connectivity index (χ0v) is 17.9. The van der Waals surface area contributed by atoms with E-state index in [1.54, 1.807) is 14.0 Å². The number of ether oxygens (including phenoxy) is 2. The van der Waals surface area contributed by atoms with Gasteiger partial charge in [-0.05, 0) is 24.3 Å². The van der Waals surface area contributed by atoms with Gasteiger partial charge in [-0.1, -0.05) is 24.3 Å². The lowest BCUT2D eigenvalue weighted by molar-refractivity contribution is 0.0664. The Bertz CT molecular complexity index is 985. The highest BCUT2D eigenvalue weighted by atomic mass is 16.5. The molecule has 2 heterocycles. The fourth-order valence-corrected chi connectivity index (χ4v) is 3.77. The lowest BCUT2D eigenvalue weighted by Crippen LogP contribution is -2.49. The number of methoxy groups -OCH3 is 1. The van der Waals surface area contributed by atoms with Crippen molar-refractivity contribution in [2.75, 3.05) is 51.3 Å². The number of aliphatic hydroxyl groups is 1. The molecule has 1 unspecified atom stereocenters. The predicted octanol–water partition coefficient (Wildman–Crippen LogP) is 2.62. The molecule has 3 aromatic rings. The largest absolute Gasteiger partial charge is 0.495 e. The fraction of sp³-hybridized carbons (Fsp3) is 0.391. The number of aromatic nitrogens is 2. The molecule has 1 aromatic heterocycles. The summed E-state index contributed by atoms with van der Waals surface area (Å²) in [6.07, 6.45) is -0.602. The summed E-state index contributed by atoms with van der Waals surface area (Å²) in [5.41, 5.74) is 1.84. The summed E-state index contributed by atoms with van der Waals surface area (Å²) in [7, 11) is 1.70. The highest BCUT2D eigenvalue weighted by Crippen LogP contribution is 2.29. The Hall–Kier alpha value is -3.10. The van der Waals surface area contributed by atoms with Crippen LogP contribution in [0.1, 0.15) is 5.89 Å². The number of hydrogen-bond acceptors (Lipinski definition) is 8. The van der Waals surface area contributed by atoms with E-state index >= 15 is 0 Å². The first-order valence-electron chi connectivity index (χ1n) is 10.4. The van der Waals surface area contributed by atoms with E-state index in [9.17, 15) is 5.11 Å². The lowest BCUT2D eigenvalue weighted by Gasteiger charge is -2.37. The van der Waals surface area contributed by atoms with Gasteiger partial charge >= 0.3 is 0 Å². The topological polar surface area (TPSA) is 84.1 Å². The monoisotopic (exact) mass is 424 g/mol. The number of β-amino-alcohol motifs (C(OH)–C–C–N with tert-alkyl or cyclic N) is 1. The second-order valence-electron chi connectivity index (χ2n) is 7.55. The van der Waals surface area contributed by atoms with Gasteiger partial charge in [0.25, 0.3) is 5.89 Å². The van der Waals surface area contributed by atoms with E-state index < -0.39 is 6.10 Å². The SMILES string of the molecule is COc1ccccc1N1CCN(CC(O)COc2ccccc2-c2nnc(C)o2)CC1. The van der Waals surface area contributed by atoms with Gasteiger partial charge in [-0.15, -0.1) is 10.2 Å². The molecule has 0 aliphatic carbocycles. The summed E-state index contributed by atoms with van der Waals surface area (Å²) in [5, 5.41) is 18.5. The van der Waals surface area contributed by atoms with Gasteiger partial charge in [-0.2, -0.15) is 0 Å². The first-order chi connectivity index (χ1) is 15.1. The smallest absolute Gasteiger partial charge is 0.251 e. The van der Waals surface area contributed by atoms with Crippen LogP contribution in [0.25, 0.3) is 11.5 Å². The lowest BCUT2D eigenvalue weighted by atomic mass is 10.2. The van der Waals surface area contributed by atoms with Crippen molar-refractivity contribution < 1.29 is 19.0 Å². The van der Waals surface area contributed by atoms with Crippen molar-refractivity contribution in [1.29, 1.82) is 0 Å². The minimum Gasteiger partial charge on any atom is -0.495 e. The Morgan fingerprint density at radius 3 is 2.42 bits per heavy atom. The highest BCUT2D eigenvalue weighted by molar-refractivity contribution is 5.62. The molecule has 0 amide bonds. The first-order valence-corrected chi connectivity index (χ1v) is 10.4. The molecule has 1 N–H and O–H groups in total. The molecule has 0 saturated carbocycles. The van der Waals surface area contributed by atoms with E-state index in [1.165, 1.54) is 0 Å². The number of anilines is 1. The number of benzene rings is 2. The molecule has 0 radical (unpaired) electrons. The van der Waals surface area contributed by atoms with Crippen LogP contribution in [0.5, 0.6) is 11.5 Å². The zero-order chi connectivity index (χ0) is 21.6. The van der Waals surface area contributed by atoms with E-state index in [0.29, 0.717) is 24.1 Å². The Balaban J connectivity index is 1.28. The maximum Gasteiger partial charge on any atom is 0.251 e. The van der Waals surface area contributed by atoms with Crippen molar-refractivity contribution in [3.8, 4) is 23.0 Å². The van der Waals surface area contributed by atoms with Gasteiger partial charge in [0.2, 0.25) is 5.89 Å². The van der Waals surface area contributed by atoms with Crippen LogP contribution in [0.4, 0.5) is 5.69 Å². The predicted molar refractivity (Wildman–Crippen MR) is 118 cm³/mol. The first kappa shape index (κ1) is 21.1. The molecule has 164 valence electrons. The molecule has 1 fully saturated rings. The maximum atomic E-state index is 10.5. The average molecular weight is 425 g/mol. The minimum absolute atomic E-state index is 0.191. The van der Waals surface area contributed by atoms with Crippen LogP contribution in [0.2, 0.25) is 0 Å². The van der Waals surface area contributed by atoms with Gasteiger partial charge < -0.3 is 23.9 Å². The van der Waals surface area contributed by atoms with Gasteiger partial charge in [0, 0.05) is 39.6 Å². The van der Waals surface area contributed by atoms with Gasteiger partial charge in [-0.3, -0.25) is 4.90 Å². The second kappa shape index (κ2) is 9.80. The molecule has 8 nitrogen and oxygen atoms in total. The molecular weight excluding hydrogens is 396 g/mol. The number of para-hydroxylation sites is 3. The molecule has 31 heavy (non-hydrogen) atoms. The number of aryl methyl sites for hydroxylation is 1. The third-order valence-electron chi connectivity index (χ3n) is 5.34. The molecule has 0 spiro atoms. The molecule has 1 saturated heterocycles. The van der Waals surface area contributed by atoms with Gasteiger partial charge in [-0.25, -0.2) is 0 Å². The summed E-state index contributed by atoms with van der Waals surface area (Å²) in [6, 6.07) is 15.5. The molecular formula is C23H28N4O4. The maximum absolute atomic E-state index is 10.5. The Kier molecular flexibility index (Phi) is 6.69. The van der Waals surface area contributed by atoms with Crippen LogP contribution in [0, 0.1) is 6.92 Å². The number of hydrogen-bond donors (Lipinski definition) is 1. The van der Waals surface area contributed by atoms with Crippen molar-refractivity contribution in [3.05, 3.63) is 54.4 Å². The number of rotatable bonds is 8. The van der Waals surface area contributed by atoms with E-state index in [4.69, 9.17) is 13.9 Å². The van der Waals surface area contributed by atoms with Crippen molar-refractivity contribution in [3.63, 3.8) is 0 Å². The van der Waals surface area contributed by atoms with Gasteiger partial charge in [0.1, 0.15) is 24.2 Å². The summed E-state index contributed by atoms with van der Waals surface area (Å²) in [6.45, 7) is 6.00. The van der Waals surface area contributed by atoms with E-state index in [-0.39, 0.29) is 6.61 Å². The Morgan fingerprint density at radius 1 is 1.00 bits per heavy atom. The Labute approximate surface area is 182 Å². The number of piperazine rings is 1. The minimum atomic E-state index is -0.602. The molecule has 1 aliphatic rings. The van der Waals surface area contributed by atoms with Gasteiger partial charge in [0.05, 0.1) is 18.4 Å². The van der Waals surface area contributed by atoms with Crippen LogP contribution >= 0.6 is 0 Å². The molecule has 1 aliphatic heterocycles. The molecule has 8 heteroatoms. The van der Waals surface area contributed by atoms with E-state index in [0.717, 1.165) is 43.2 Å². The second-order valence-corrected chi connectivity index (χ2v) is 7.55. The molecule has 2 aromatic carbocycles. The zero-order valence-electron chi connectivity index (χ0n) is 17.9. The molecule has 0 bridgehead atoms. The summed E-state index contributed by atoms with van der Waals surface area (Å²) in [5.74, 6) is 2.41. The van der Waals surface area contributed by atoms with Crippen LogP contribution in [0.15, 0.2) is 52.9 Å². The van der Waals surface area contributed by atoms with Crippen molar-refractivity contribution in [2.24, 2.45) is 0 Å². The fourth-order valence-electron chi connectivity index (χ4n) is 3.77. The van der Waals surface area contributed by atoms with Crippen molar-refractivity contribution in [2.45, 2.75) is 13.0 Å². The van der Waals surface area contributed by atoms with E-state index in [2.05, 4.69) is 26.1 Å². The highest BCUT2D eigenvalue weighted by Gasteiger charge is 2.22. The quantitative estimate of drug-likeness (QED) is 0.591. The summed E-state index contributed by atoms with van der Waals surface area (Å²) < 4.78 is 16.9. The van der Waals surface area contributed by atoms with Crippen LogP contribution in [0.3, 0.4) is 0 Å². The van der Waals surface area contributed by atoms with Crippen LogP contribution in [-0.4, -0.2) is 72.7 Å². The number of aliphatic hydroxyl groups excluding tert-OH is 1. The van der Waals surface area contributed by atoms with Crippen molar-refractivity contribution in [1.82, 2.24) is 15.1 Å². The van der Waals surface area contributed by atoms with Gasteiger partial charge in [0.15, 0.2) is 0 Å². The van der Waals surface area contributed by atoms with Crippen LogP contribution < -0.4 is 14.4 Å². The summed E-state index contributed by atoms with van der Waals surface area (Å²) >= 11 is 0. The van der Waals surface area contributed by atoms with E-state index in [1.807, 2.05) is 42.5 Å². The summed E-state index contributed by atoms with van der Waals surface area (Å²) in [4.78, 5) is 4.58. The molecule has 4 rings (SSSR count).